The Morgan fingerprint density at radius 2 is 1.97 bits per heavy atom. The lowest BCUT2D eigenvalue weighted by Crippen LogP contribution is -2.48. The van der Waals surface area contributed by atoms with Gasteiger partial charge in [0.25, 0.3) is 0 Å². The maximum atomic E-state index is 12.5. The van der Waals surface area contributed by atoms with E-state index < -0.39 is 0 Å². The average Bonchev–Trinajstić information content (AvgIpc) is 2.61. The van der Waals surface area contributed by atoms with E-state index in [1.165, 1.54) is 5.56 Å². The molecule has 1 atom stereocenters. The van der Waals surface area contributed by atoms with E-state index in [-0.39, 0.29) is 36.8 Å². The van der Waals surface area contributed by atoms with Crippen LogP contribution in [0.2, 0.25) is 5.02 Å². The number of hydrogen-bond donors (Lipinski definition) is 3. The van der Waals surface area contributed by atoms with Gasteiger partial charge >= 0.3 is 0 Å². The molecule has 1 aromatic rings. The summed E-state index contributed by atoms with van der Waals surface area (Å²) in [6.07, 6.45) is 3.80. The largest absolute Gasteiger partial charge is 0.393 e. The van der Waals surface area contributed by atoms with E-state index in [1.807, 2.05) is 12.1 Å². The van der Waals surface area contributed by atoms with Crippen molar-refractivity contribution in [3.05, 3.63) is 28.3 Å². The maximum Gasteiger partial charge on any atom is 0.224 e. The van der Waals surface area contributed by atoms with Gasteiger partial charge in [-0.15, -0.1) is 24.8 Å². The van der Waals surface area contributed by atoms with Crippen molar-refractivity contribution in [2.24, 2.45) is 5.92 Å². The molecule has 5 nitrogen and oxygen atoms in total. The summed E-state index contributed by atoms with van der Waals surface area (Å²) >= 11 is 6.35. The Labute approximate surface area is 191 Å². The molecular weight excluding hydrogens is 433 g/mol. The molecule has 1 aliphatic carbocycles. The SMILES string of the molecule is Cc1c(CN2CCN[C@@H](C)C2)cc(Cl)cc1NC(=O)CC1CCC(O)CC1.Cl.Cl. The predicted octanol–water partition coefficient (Wildman–Crippen LogP) is 4.17. The number of anilines is 1. The number of aliphatic hydroxyl groups excluding tert-OH is 1. The van der Waals surface area contributed by atoms with E-state index in [4.69, 9.17) is 11.6 Å². The molecule has 0 aromatic heterocycles. The summed E-state index contributed by atoms with van der Waals surface area (Å²) in [7, 11) is 0. The Morgan fingerprint density at radius 1 is 1.28 bits per heavy atom. The van der Waals surface area contributed by atoms with E-state index in [0.717, 1.165) is 63.1 Å². The summed E-state index contributed by atoms with van der Waals surface area (Å²) in [6, 6.07) is 4.36. The molecule has 0 radical (unpaired) electrons. The Morgan fingerprint density at radius 3 is 2.62 bits per heavy atom. The van der Waals surface area contributed by atoms with Gasteiger partial charge in [0.05, 0.1) is 6.10 Å². The first-order valence-electron chi connectivity index (χ1n) is 10.1. The third kappa shape index (κ3) is 7.89. The van der Waals surface area contributed by atoms with Crippen molar-refractivity contribution >= 4 is 48.0 Å². The average molecular weight is 467 g/mol. The molecule has 0 bridgehead atoms. The van der Waals surface area contributed by atoms with Gasteiger partial charge in [-0.2, -0.15) is 0 Å². The van der Waals surface area contributed by atoms with Crippen molar-refractivity contribution in [1.82, 2.24) is 10.2 Å². The van der Waals surface area contributed by atoms with Crippen LogP contribution in [-0.4, -0.2) is 47.7 Å². The second kappa shape index (κ2) is 12.3. The van der Waals surface area contributed by atoms with Crippen molar-refractivity contribution in [2.45, 2.75) is 64.6 Å². The topological polar surface area (TPSA) is 64.6 Å². The minimum absolute atomic E-state index is 0. The van der Waals surface area contributed by atoms with Crippen LogP contribution in [0, 0.1) is 12.8 Å². The smallest absolute Gasteiger partial charge is 0.224 e. The number of carbonyl (C=O) groups excluding carboxylic acids is 1. The predicted molar refractivity (Wildman–Crippen MR) is 125 cm³/mol. The van der Waals surface area contributed by atoms with E-state index in [0.29, 0.717) is 23.4 Å². The molecule has 8 heteroatoms. The molecule has 2 aliphatic rings. The summed E-state index contributed by atoms with van der Waals surface area (Å²) in [6.45, 7) is 8.14. The summed E-state index contributed by atoms with van der Waals surface area (Å²) in [5, 5.41) is 16.8. The van der Waals surface area contributed by atoms with Crippen LogP contribution in [0.4, 0.5) is 5.69 Å². The van der Waals surface area contributed by atoms with E-state index in [9.17, 15) is 9.90 Å². The van der Waals surface area contributed by atoms with Crippen LogP contribution in [-0.2, 0) is 11.3 Å². The molecule has 0 unspecified atom stereocenters. The number of halogens is 3. The summed E-state index contributed by atoms with van der Waals surface area (Å²) in [4.78, 5) is 15.0. The molecule has 3 N–H and O–H groups in total. The van der Waals surface area contributed by atoms with Crippen LogP contribution in [0.5, 0.6) is 0 Å². The minimum Gasteiger partial charge on any atom is -0.393 e. The van der Waals surface area contributed by atoms with Crippen LogP contribution in [0.25, 0.3) is 0 Å². The number of rotatable bonds is 5. The summed E-state index contributed by atoms with van der Waals surface area (Å²) in [5.41, 5.74) is 3.09. The molecule has 1 saturated carbocycles. The molecule has 1 aromatic carbocycles. The highest BCUT2D eigenvalue weighted by Crippen LogP contribution is 2.29. The highest BCUT2D eigenvalue weighted by Gasteiger charge is 2.22. The lowest BCUT2D eigenvalue weighted by molar-refractivity contribution is -0.117. The Bertz CT molecular complexity index is 667. The van der Waals surface area contributed by atoms with Gasteiger partial charge < -0.3 is 15.7 Å². The monoisotopic (exact) mass is 465 g/mol. The number of amides is 1. The zero-order chi connectivity index (χ0) is 19.4. The number of piperazine rings is 1. The van der Waals surface area contributed by atoms with Crippen molar-refractivity contribution in [3.8, 4) is 0 Å². The van der Waals surface area contributed by atoms with Gasteiger partial charge in [0, 0.05) is 49.4 Å². The minimum atomic E-state index is -0.185. The van der Waals surface area contributed by atoms with Crippen molar-refractivity contribution in [3.63, 3.8) is 0 Å². The zero-order valence-corrected chi connectivity index (χ0v) is 19.6. The number of nitrogens with one attached hydrogen (secondary N) is 2. The number of benzene rings is 1. The Hall–Kier alpha value is -0.560. The molecule has 29 heavy (non-hydrogen) atoms. The second-order valence-corrected chi connectivity index (χ2v) is 8.69. The third-order valence-corrected chi connectivity index (χ3v) is 6.11. The van der Waals surface area contributed by atoms with Gasteiger partial charge in [-0.05, 0) is 68.7 Å². The van der Waals surface area contributed by atoms with Gasteiger partial charge in [0.1, 0.15) is 0 Å². The number of hydrogen-bond acceptors (Lipinski definition) is 4. The van der Waals surface area contributed by atoms with Gasteiger partial charge in [-0.1, -0.05) is 11.6 Å². The zero-order valence-electron chi connectivity index (χ0n) is 17.2. The van der Waals surface area contributed by atoms with Crippen molar-refractivity contribution in [1.29, 1.82) is 0 Å². The molecular formula is C21H34Cl3N3O2. The third-order valence-electron chi connectivity index (χ3n) is 5.89. The molecule has 1 aliphatic heterocycles. The van der Waals surface area contributed by atoms with E-state index >= 15 is 0 Å². The molecule has 166 valence electrons. The quantitative estimate of drug-likeness (QED) is 0.609. The highest BCUT2D eigenvalue weighted by molar-refractivity contribution is 6.31. The molecule has 3 rings (SSSR count). The van der Waals surface area contributed by atoms with Gasteiger partial charge in [0.15, 0.2) is 0 Å². The fourth-order valence-electron chi connectivity index (χ4n) is 4.24. The number of carbonyl (C=O) groups is 1. The van der Waals surface area contributed by atoms with E-state index in [1.54, 1.807) is 0 Å². The van der Waals surface area contributed by atoms with Crippen LogP contribution in [0.3, 0.4) is 0 Å². The fraction of sp³-hybridized carbons (Fsp3) is 0.667. The lowest BCUT2D eigenvalue weighted by Gasteiger charge is -2.32. The van der Waals surface area contributed by atoms with Crippen molar-refractivity contribution < 1.29 is 9.90 Å². The first-order valence-corrected chi connectivity index (χ1v) is 10.5. The maximum absolute atomic E-state index is 12.5. The van der Waals surface area contributed by atoms with Crippen LogP contribution >= 0.6 is 36.4 Å². The normalized spacial score (nSPS) is 24.9. The molecule has 2 fully saturated rings. The first kappa shape index (κ1) is 26.5. The van der Waals surface area contributed by atoms with Crippen LogP contribution < -0.4 is 10.6 Å². The Kier molecular flexibility index (Phi) is 11.3. The van der Waals surface area contributed by atoms with Crippen LogP contribution in [0.1, 0.15) is 50.2 Å². The summed E-state index contributed by atoms with van der Waals surface area (Å²) < 4.78 is 0. The Balaban J connectivity index is 0.00000210. The number of nitrogens with zero attached hydrogens (tertiary/aromatic N) is 1. The molecule has 1 amide bonds. The first-order chi connectivity index (χ1) is 12.9. The fourth-order valence-corrected chi connectivity index (χ4v) is 4.48. The van der Waals surface area contributed by atoms with E-state index in [2.05, 4.69) is 29.4 Å². The van der Waals surface area contributed by atoms with Gasteiger partial charge in [0.2, 0.25) is 5.91 Å². The lowest BCUT2D eigenvalue weighted by atomic mass is 9.85. The molecule has 1 saturated heterocycles. The molecule has 1 heterocycles. The number of aliphatic hydroxyl groups is 1. The van der Waals surface area contributed by atoms with Crippen molar-refractivity contribution in [2.75, 3.05) is 25.0 Å². The summed E-state index contributed by atoms with van der Waals surface area (Å²) in [5.74, 6) is 0.415. The highest BCUT2D eigenvalue weighted by atomic mass is 35.5. The second-order valence-electron chi connectivity index (χ2n) is 8.25. The standard InChI is InChI=1S/C21H32ClN3O2.2ClH/c1-14-12-25(8-7-23-14)13-17-10-18(22)11-20(15(17)2)24-21(27)9-16-3-5-19(26)6-4-16;;/h10-11,14,16,19,23,26H,3-9,12-13H2,1-2H3,(H,24,27);2*1H/t14-,16?,19?;;/m0../s1. The van der Waals surface area contributed by atoms with Gasteiger partial charge in [-0.25, -0.2) is 0 Å². The van der Waals surface area contributed by atoms with Crippen LogP contribution in [0.15, 0.2) is 12.1 Å². The molecule has 0 spiro atoms. The van der Waals surface area contributed by atoms with Gasteiger partial charge in [-0.3, -0.25) is 9.69 Å².